The second kappa shape index (κ2) is 5.75. The van der Waals surface area contributed by atoms with Gasteiger partial charge in [0.05, 0.1) is 0 Å². The van der Waals surface area contributed by atoms with Crippen molar-refractivity contribution in [2.24, 2.45) is 5.11 Å². The van der Waals surface area contributed by atoms with Gasteiger partial charge in [-0.2, -0.15) is 0 Å². The monoisotopic (exact) mass is 239 g/mol. The van der Waals surface area contributed by atoms with Gasteiger partial charge < -0.3 is 5.11 Å². The van der Waals surface area contributed by atoms with Crippen molar-refractivity contribution >= 4 is 16.8 Å². The molecule has 0 radical (unpaired) electrons. The number of phenols is 1. The minimum atomic E-state index is 0.285. The molecule has 4 nitrogen and oxygen atoms in total. The molecule has 1 N–H and O–H groups in total. The molecule has 2 aromatic rings. The molecule has 0 saturated carbocycles. The molecule has 0 fully saturated rings. The van der Waals surface area contributed by atoms with Crippen molar-refractivity contribution in [3.05, 3.63) is 58.5 Å². The lowest BCUT2D eigenvalue weighted by Gasteiger charge is -2.04. The predicted molar refractivity (Wildman–Crippen MR) is 73.3 cm³/mol. The molecule has 0 aliphatic carbocycles. The Balaban J connectivity index is 2.23. The van der Waals surface area contributed by atoms with E-state index in [-0.39, 0.29) is 5.75 Å². The first-order chi connectivity index (χ1) is 8.83. The van der Waals surface area contributed by atoms with E-state index in [9.17, 15) is 5.11 Å². The highest BCUT2D eigenvalue weighted by atomic mass is 16.3. The van der Waals surface area contributed by atoms with Crippen LogP contribution in [-0.4, -0.2) is 11.7 Å². The molecule has 0 amide bonds. The van der Waals surface area contributed by atoms with Crippen molar-refractivity contribution in [2.45, 2.75) is 6.42 Å². The largest absolute Gasteiger partial charge is 0.507 e. The number of phenolic OH excluding ortho intramolecular Hbond substituents is 1. The summed E-state index contributed by atoms with van der Waals surface area (Å²) in [6, 6.07) is 11.5. The zero-order valence-electron chi connectivity index (χ0n) is 9.82. The second-order valence-electron chi connectivity index (χ2n) is 3.87. The molecule has 0 atom stereocenters. The highest BCUT2D eigenvalue weighted by molar-refractivity contribution is 5.91. The highest BCUT2D eigenvalue weighted by Gasteiger charge is 2.02. The number of benzene rings is 2. The van der Waals surface area contributed by atoms with E-state index in [0.29, 0.717) is 13.0 Å². The zero-order chi connectivity index (χ0) is 12.8. The maximum atomic E-state index is 10.1. The Labute approximate surface area is 105 Å². The average molecular weight is 239 g/mol. The van der Waals surface area contributed by atoms with Crippen molar-refractivity contribution < 1.29 is 5.11 Å². The van der Waals surface area contributed by atoms with Gasteiger partial charge in [-0.15, -0.1) is 0 Å². The summed E-state index contributed by atoms with van der Waals surface area (Å²) in [5.41, 5.74) is 8.91. The van der Waals surface area contributed by atoms with E-state index in [1.54, 1.807) is 0 Å². The normalized spacial score (nSPS) is 10.7. The fourth-order valence-corrected chi connectivity index (χ4v) is 1.79. The number of aromatic hydroxyl groups is 1. The van der Waals surface area contributed by atoms with Crippen LogP contribution in [0.2, 0.25) is 0 Å². The minimum absolute atomic E-state index is 0.285. The lowest BCUT2D eigenvalue weighted by molar-refractivity contribution is 0.480. The minimum Gasteiger partial charge on any atom is -0.507 e. The molecule has 0 saturated heterocycles. The molecule has 0 aromatic heterocycles. The summed E-state index contributed by atoms with van der Waals surface area (Å²) in [4.78, 5) is 2.68. The Kier molecular flexibility index (Phi) is 3.84. The molecular formula is C14H13N3O. The summed E-state index contributed by atoms with van der Waals surface area (Å²) in [7, 11) is 0. The van der Waals surface area contributed by atoms with Gasteiger partial charge in [0.15, 0.2) is 0 Å². The molecule has 0 unspecified atom stereocenters. The van der Waals surface area contributed by atoms with Crippen molar-refractivity contribution in [2.75, 3.05) is 6.54 Å². The summed E-state index contributed by atoms with van der Waals surface area (Å²) >= 11 is 0. The van der Waals surface area contributed by atoms with Crippen LogP contribution in [0.5, 0.6) is 5.75 Å². The maximum absolute atomic E-state index is 10.1. The van der Waals surface area contributed by atoms with Gasteiger partial charge in [-0.3, -0.25) is 0 Å². The van der Waals surface area contributed by atoms with Crippen LogP contribution < -0.4 is 0 Å². The first-order valence-electron chi connectivity index (χ1n) is 5.71. The molecule has 4 heteroatoms. The molecule has 0 aliphatic heterocycles. The Bertz CT molecular complexity index is 628. The Morgan fingerprint density at radius 2 is 2.06 bits per heavy atom. The number of hydrogen-bond acceptors (Lipinski definition) is 2. The van der Waals surface area contributed by atoms with E-state index in [4.69, 9.17) is 5.53 Å². The third kappa shape index (κ3) is 2.62. The number of nitrogens with zero attached hydrogens (tertiary/aromatic N) is 3. The van der Waals surface area contributed by atoms with Crippen LogP contribution in [0.1, 0.15) is 12.0 Å². The van der Waals surface area contributed by atoms with Crippen LogP contribution >= 0.6 is 0 Å². The van der Waals surface area contributed by atoms with E-state index >= 15 is 0 Å². The van der Waals surface area contributed by atoms with Crippen molar-refractivity contribution in [1.29, 1.82) is 0 Å². The number of rotatable bonds is 4. The van der Waals surface area contributed by atoms with Gasteiger partial charge in [-0.25, -0.2) is 0 Å². The molecule has 90 valence electrons. The molecule has 0 aliphatic rings. The van der Waals surface area contributed by atoms with Gasteiger partial charge in [-0.05, 0) is 17.3 Å². The van der Waals surface area contributed by atoms with Crippen molar-refractivity contribution in [3.63, 3.8) is 0 Å². The molecule has 18 heavy (non-hydrogen) atoms. The first kappa shape index (κ1) is 12.0. The van der Waals surface area contributed by atoms with E-state index in [2.05, 4.69) is 10.0 Å². The van der Waals surface area contributed by atoms with Crippen LogP contribution in [0.25, 0.3) is 27.3 Å². The smallest absolute Gasteiger partial charge is 0.130 e. The van der Waals surface area contributed by atoms with Gasteiger partial charge in [0.2, 0.25) is 0 Å². The van der Waals surface area contributed by atoms with Crippen molar-refractivity contribution in [3.8, 4) is 5.75 Å². The number of azide groups is 1. The van der Waals surface area contributed by atoms with Crippen molar-refractivity contribution in [1.82, 2.24) is 0 Å². The highest BCUT2D eigenvalue weighted by Crippen LogP contribution is 2.29. The number of hydrogen-bond donors (Lipinski definition) is 1. The zero-order valence-corrected chi connectivity index (χ0v) is 9.82. The van der Waals surface area contributed by atoms with E-state index in [1.807, 2.05) is 48.6 Å². The molecule has 2 aromatic carbocycles. The van der Waals surface area contributed by atoms with E-state index in [1.165, 1.54) is 0 Å². The van der Waals surface area contributed by atoms with Crippen LogP contribution in [0.15, 0.2) is 47.6 Å². The maximum Gasteiger partial charge on any atom is 0.130 e. The number of fused-ring (bicyclic) bond motifs is 1. The predicted octanol–water partition coefficient (Wildman–Crippen LogP) is 4.26. The van der Waals surface area contributed by atoms with Gasteiger partial charge in [-0.1, -0.05) is 53.7 Å². The van der Waals surface area contributed by atoms with Crippen LogP contribution in [0, 0.1) is 0 Å². The topological polar surface area (TPSA) is 69.0 Å². The standard InChI is InChI=1S/C14H13N3O/c15-17-16-10-4-3-6-12-9-8-11-5-1-2-7-13(11)14(12)18/h1-3,5-9,18H,4,10H2. The third-order valence-corrected chi connectivity index (χ3v) is 2.69. The SMILES string of the molecule is [N-]=[N+]=NCCC=Cc1ccc2ccccc2c1O. The molecule has 0 bridgehead atoms. The molecule has 2 rings (SSSR count). The van der Waals surface area contributed by atoms with E-state index < -0.39 is 0 Å². The third-order valence-electron chi connectivity index (χ3n) is 2.69. The summed E-state index contributed by atoms with van der Waals surface area (Å²) in [6.45, 7) is 0.432. The van der Waals surface area contributed by atoms with Gasteiger partial charge in [0.1, 0.15) is 5.75 Å². The van der Waals surface area contributed by atoms with Crippen LogP contribution in [-0.2, 0) is 0 Å². The Morgan fingerprint density at radius 1 is 1.22 bits per heavy atom. The van der Waals surface area contributed by atoms with Gasteiger partial charge >= 0.3 is 0 Å². The Hall–Kier alpha value is -2.45. The fraction of sp³-hybridized carbons (Fsp3) is 0.143. The summed E-state index contributed by atoms with van der Waals surface area (Å²) < 4.78 is 0. The molecule has 0 spiro atoms. The quantitative estimate of drug-likeness (QED) is 0.368. The second-order valence-corrected chi connectivity index (χ2v) is 3.87. The first-order valence-corrected chi connectivity index (χ1v) is 5.71. The lowest BCUT2D eigenvalue weighted by Crippen LogP contribution is -1.79. The molecular weight excluding hydrogens is 226 g/mol. The Morgan fingerprint density at radius 3 is 2.89 bits per heavy atom. The fourth-order valence-electron chi connectivity index (χ4n) is 1.79. The van der Waals surface area contributed by atoms with E-state index in [0.717, 1.165) is 16.3 Å². The lowest BCUT2D eigenvalue weighted by atomic mass is 10.0. The van der Waals surface area contributed by atoms with Crippen LogP contribution in [0.4, 0.5) is 0 Å². The summed E-state index contributed by atoms with van der Waals surface area (Å²) in [5.74, 6) is 0.285. The van der Waals surface area contributed by atoms with Crippen LogP contribution in [0.3, 0.4) is 0 Å². The summed E-state index contributed by atoms with van der Waals surface area (Å²) in [6.07, 6.45) is 4.39. The average Bonchev–Trinajstić information content (AvgIpc) is 2.41. The van der Waals surface area contributed by atoms with Gasteiger partial charge in [0.25, 0.3) is 0 Å². The summed E-state index contributed by atoms with van der Waals surface area (Å²) in [5, 5.41) is 15.4. The molecule has 0 heterocycles. The van der Waals surface area contributed by atoms with Gasteiger partial charge in [0, 0.05) is 22.4 Å².